The predicted octanol–water partition coefficient (Wildman–Crippen LogP) is 2.92. The number of aliphatic carboxylic acids is 1. The van der Waals surface area contributed by atoms with E-state index in [1.54, 1.807) is 24.3 Å². The van der Waals surface area contributed by atoms with Gasteiger partial charge in [-0.2, -0.15) is 5.26 Å². The molecule has 3 heteroatoms. The van der Waals surface area contributed by atoms with Crippen LogP contribution in [0.5, 0.6) is 0 Å². The van der Waals surface area contributed by atoms with Crippen molar-refractivity contribution >= 4 is 5.97 Å². The van der Waals surface area contributed by atoms with Gasteiger partial charge in [-0.25, -0.2) is 0 Å². The van der Waals surface area contributed by atoms with Gasteiger partial charge in [0.25, 0.3) is 0 Å². The number of rotatable bonds is 3. The zero-order chi connectivity index (χ0) is 12.3. The first kappa shape index (κ1) is 11.7. The van der Waals surface area contributed by atoms with Crippen molar-refractivity contribution < 1.29 is 9.90 Å². The smallest absolute Gasteiger partial charge is 0.311 e. The summed E-state index contributed by atoms with van der Waals surface area (Å²) in [6, 6.07) is 8.98. The van der Waals surface area contributed by atoms with Crippen LogP contribution >= 0.6 is 0 Å². The summed E-state index contributed by atoms with van der Waals surface area (Å²) in [5.74, 6) is -0.910. The van der Waals surface area contributed by atoms with Gasteiger partial charge in [0.2, 0.25) is 0 Å². The lowest BCUT2D eigenvalue weighted by molar-refractivity contribution is -0.140. The molecule has 2 rings (SSSR count). The minimum Gasteiger partial charge on any atom is -0.481 e. The van der Waals surface area contributed by atoms with Crippen molar-refractivity contribution in [2.75, 3.05) is 0 Å². The first-order valence-electron chi connectivity index (χ1n) is 5.95. The molecule has 0 aliphatic heterocycles. The average Bonchev–Trinajstić information content (AvgIpc) is 2.83. The van der Waals surface area contributed by atoms with Gasteiger partial charge < -0.3 is 5.11 Å². The van der Waals surface area contributed by atoms with Crippen LogP contribution in [0.2, 0.25) is 0 Å². The van der Waals surface area contributed by atoms with Crippen molar-refractivity contribution in [2.24, 2.45) is 5.92 Å². The van der Waals surface area contributed by atoms with Gasteiger partial charge in [0.1, 0.15) is 0 Å². The number of benzene rings is 1. The molecule has 1 aliphatic carbocycles. The summed E-state index contributed by atoms with van der Waals surface area (Å²) in [6.45, 7) is 0. The summed E-state index contributed by atoms with van der Waals surface area (Å²) in [7, 11) is 0. The SMILES string of the molecule is N#Cc1ccc(C(C(=O)O)C2CCCC2)cc1. The molecule has 0 amide bonds. The molecule has 1 atom stereocenters. The Morgan fingerprint density at radius 3 is 2.35 bits per heavy atom. The molecule has 1 aliphatic rings. The van der Waals surface area contributed by atoms with E-state index in [-0.39, 0.29) is 5.92 Å². The highest BCUT2D eigenvalue weighted by Crippen LogP contribution is 2.37. The van der Waals surface area contributed by atoms with E-state index in [0.29, 0.717) is 5.56 Å². The maximum Gasteiger partial charge on any atom is 0.311 e. The van der Waals surface area contributed by atoms with Crippen LogP contribution in [-0.2, 0) is 4.79 Å². The Balaban J connectivity index is 2.26. The summed E-state index contributed by atoms with van der Waals surface area (Å²) >= 11 is 0. The summed E-state index contributed by atoms with van der Waals surface area (Å²) in [4.78, 5) is 11.4. The van der Waals surface area contributed by atoms with Crippen molar-refractivity contribution in [3.05, 3.63) is 35.4 Å². The third-order valence-corrected chi connectivity index (χ3v) is 3.54. The van der Waals surface area contributed by atoms with E-state index in [1.165, 1.54) is 0 Å². The molecule has 1 N–H and O–H groups in total. The maximum absolute atomic E-state index is 11.4. The number of hydrogen-bond donors (Lipinski definition) is 1. The standard InChI is InChI=1S/C14H15NO2/c15-9-10-5-7-12(8-6-10)13(14(16)17)11-3-1-2-4-11/h5-8,11,13H,1-4H2,(H,16,17). The van der Waals surface area contributed by atoms with Crippen molar-refractivity contribution in [1.82, 2.24) is 0 Å². The van der Waals surface area contributed by atoms with Gasteiger partial charge >= 0.3 is 5.97 Å². The van der Waals surface area contributed by atoms with E-state index >= 15 is 0 Å². The van der Waals surface area contributed by atoms with Gasteiger partial charge in [-0.1, -0.05) is 25.0 Å². The van der Waals surface area contributed by atoms with Crippen molar-refractivity contribution in [3.8, 4) is 6.07 Å². The summed E-state index contributed by atoms with van der Waals surface area (Å²) in [5.41, 5.74) is 1.40. The number of carboxylic acids is 1. The molecule has 0 aromatic heterocycles. The Kier molecular flexibility index (Phi) is 3.43. The second-order valence-electron chi connectivity index (χ2n) is 4.59. The molecule has 0 radical (unpaired) electrons. The lowest BCUT2D eigenvalue weighted by Crippen LogP contribution is -2.19. The molecule has 0 saturated heterocycles. The Hall–Kier alpha value is -1.82. The Bertz CT molecular complexity index is 438. The quantitative estimate of drug-likeness (QED) is 0.866. The van der Waals surface area contributed by atoms with Crippen LogP contribution in [0, 0.1) is 17.2 Å². The molecular weight excluding hydrogens is 214 g/mol. The third-order valence-electron chi connectivity index (χ3n) is 3.54. The Morgan fingerprint density at radius 1 is 1.29 bits per heavy atom. The van der Waals surface area contributed by atoms with Crippen molar-refractivity contribution in [3.63, 3.8) is 0 Å². The van der Waals surface area contributed by atoms with E-state index in [4.69, 9.17) is 5.26 Å². The van der Waals surface area contributed by atoms with Crippen molar-refractivity contribution in [2.45, 2.75) is 31.6 Å². The molecule has 1 saturated carbocycles. The number of carboxylic acid groups (broad SMARTS) is 1. The average molecular weight is 229 g/mol. The van der Waals surface area contributed by atoms with Crippen LogP contribution in [0.1, 0.15) is 42.7 Å². The highest BCUT2D eigenvalue weighted by atomic mass is 16.4. The normalized spacial score (nSPS) is 17.6. The Morgan fingerprint density at radius 2 is 1.88 bits per heavy atom. The number of nitriles is 1. The zero-order valence-corrected chi connectivity index (χ0v) is 9.60. The highest BCUT2D eigenvalue weighted by Gasteiger charge is 2.31. The van der Waals surface area contributed by atoms with Gasteiger partial charge in [0.15, 0.2) is 0 Å². The highest BCUT2D eigenvalue weighted by molar-refractivity contribution is 5.76. The first-order chi connectivity index (χ1) is 8.22. The van der Waals surface area contributed by atoms with Crippen LogP contribution in [0.25, 0.3) is 0 Å². The molecular formula is C14H15NO2. The van der Waals surface area contributed by atoms with Crippen LogP contribution in [0.4, 0.5) is 0 Å². The zero-order valence-electron chi connectivity index (χ0n) is 9.60. The van der Waals surface area contributed by atoms with Crippen LogP contribution in [-0.4, -0.2) is 11.1 Å². The minimum atomic E-state index is -0.749. The largest absolute Gasteiger partial charge is 0.481 e. The second-order valence-corrected chi connectivity index (χ2v) is 4.59. The molecule has 3 nitrogen and oxygen atoms in total. The monoisotopic (exact) mass is 229 g/mol. The summed E-state index contributed by atoms with van der Waals surface area (Å²) in [6.07, 6.45) is 4.25. The fraction of sp³-hybridized carbons (Fsp3) is 0.429. The van der Waals surface area contributed by atoms with Crippen molar-refractivity contribution in [1.29, 1.82) is 5.26 Å². The molecule has 1 fully saturated rings. The van der Waals surface area contributed by atoms with E-state index < -0.39 is 11.9 Å². The van der Waals surface area contributed by atoms with Gasteiger partial charge in [0.05, 0.1) is 17.6 Å². The summed E-state index contributed by atoms with van der Waals surface area (Å²) < 4.78 is 0. The minimum absolute atomic E-state index is 0.250. The lowest BCUT2D eigenvalue weighted by atomic mass is 9.85. The first-order valence-corrected chi connectivity index (χ1v) is 5.95. The van der Waals surface area contributed by atoms with E-state index in [9.17, 15) is 9.90 Å². The molecule has 0 bridgehead atoms. The fourth-order valence-corrected chi connectivity index (χ4v) is 2.67. The molecule has 17 heavy (non-hydrogen) atoms. The van der Waals surface area contributed by atoms with Gasteiger partial charge in [-0.3, -0.25) is 4.79 Å². The van der Waals surface area contributed by atoms with E-state index in [2.05, 4.69) is 0 Å². The predicted molar refractivity (Wildman–Crippen MR) is 63.5 cm³/mol. The molecule has 88 valence electrons. The summed E-state index contributed by atoms with van der Waals surface area (Å²) in [5, 5.41) is 18.1. The molecule has 1 aromatic rings. The number of carbonyl (C=O) groups is 1. The molecule has 0 heterocycles. The second kappa shape index (κ2) is 5.01. The number of hydrogen-bond acceptors (Lipinski definition) is 2. The molecule has 0 spiro atoms. The van der Waals surface area contributed by atoms with E-state index in [1.807, 2.05) is 6.07 Å². The van der Waals surface area contributed by atoms with Gasteiger partial charge in [0, 0.05) is 0 Å². The maximum atomic E-state index is 11.4. The van der Waals surface area contributed by atoms with Crippen LogP contribution < -0.4 is 0 Å². The molecule has 1 aromatic carbocycles. The fourth-order valence-electron chi connectivity index (χ4n) is 2.67. The van der Waals surface area contributed by atoms with Crippen LogP contribution in [0.3, 0.4) is 0 Å². The third kappa shape index (κ3) is 2.47. The Labute approximate surface area is 101 Å². The van der Waals surface area contributed by atoms with E-state index in [0.717, 1.165) is 31.2 Å². The van der Waals surface area contributed by atoms with Gasteiger partial charge in [-0.15, -0.1) is 0 Å². The molecule has 1 unspecified atom stereocenters. The van der Waals surface area contributed by atoms with Gasteiger partial charge in [-0.05, 0) is 36.5 Å². The number of nitrogens with zero attached hydrogens (tertiary/aromatic N) is 1. The lowest BCUT2D eigenvalue weighted by Gasteiger charge is -2.19. The topological polar surface area (TPSA) is 61.1 Å². The van der Waals surface area contributed by atoms with Crippen LogP contribution in [0.15, 0.2) is 24.3 Å².